The molecule has 2 unspecified atom stereocenters. The molecule has 1 aromatic carbocycles. The number of hydrogen-bond acceptors (Lipinski definition) is 2. The molecule has 1 aromatic rings. The van der Waals surface area contributed by atoms with Crippen LogP contribution >= 0.6 is 12.4 Å². The number of rotatable bonds is 4. The van der Waals surface area contributed by atoms with Gasteiger partial charge in [-0.25, -0.2) is 4.39 Å². The maximum Gasteiger partial charge on any atom is 0.226 e. The number of amides is 1. The predicted octanol–water partition coefficient (Wildman–Crippen LogP) is 2.36. The monoisotopic (exact) mass is 274 g/mol. The molecule has 2 atom stereocenters. The van der Waals surface area contributed by atoms with Crippen molar-refractivity contribution in [2.45, 2.75) is 19.9 Å². The second-order valence-electron chi connectivity index (χ2n) is 4.28. The van der Waals surface area contributed by atoms with Crippen LogP contribution in [0.5, 0.6) is 0 Å². The van der Waals surface area contributed by atoms with Crippen molar-refractivity contribution in [2.24, 2.45) is 11.7 Å². The third-order valence-electron chi connectivity index (χ3n) is 3.06. The van der Waals surface area contributed by atoms with Gasteiger partial charge in [0.15, 0.2) is 0 Å². The number of nitrogens with two attached hydrogens (primary N) is 1. The van der Waals surface area contributed by atoms with Gasteiger partial charge in [0.25, 0.3) is 0 Å². The smallest absolute Gasteiger partial charge is 0.226 e. The topological polar surface area (TPSA) is 46.3 Å². The maximum absolute atomic E-state index is 13.6. The standard InChI is InChI=1S/C13H19FN2O.ClH/c1-9(8-15)13(17)16(3)10(2)11-6-4-5-7-12(11)14;/h4-7,9-10H,8,15H2,1-3H3;1H. The Bertz CT molecular complexity index is 400. The molecular weight excluding hydrogens is 255 g/mol. The van der Waals surface area contributed by atoms with E-state index in [-0.39, 0.29) is 36.1 Å². The zero-order valence-electron chi connectivity index (χ0n) is 10.9. The molecule has 0 aliphatic heterocycles. The van der Waals surface area contributed by atoms with E-state index in [9.17, 15) is 9.18 Å². The summed E-state index contributed by atoms with van der Waals surface area (Å²) in [5, 5.41) is 0. The van der Waals surface area contributed by atoms with Crippen LogP contribution in [0.2, 0.25) is 0 Å². The first-order chi connectivity index (χ1) is 7.99. The average molecular weight is 275 g/mol. The Balaban J connectivity index is 0.00000289. The lowest BCUT2D eigenvalue weighted by molar-refractivity contribution is -0.135. The number of hydrogen-bond donors (Lipinski definition) is 1. The van der Waals surface area contributed by atoms with Gasteiger partial charge in [-0.15, -0.1) is 12.4 Å². The molecule has 1 amide bonds. The van der Waals surface area contributed by atoms with Gasteiger partial charge in [0, 0.05) is 25.1 Å². The van der Waals surface area contributed by atoms with Crippen molar-refractivity contribution in [2.75, 3.05) is 13.6 Å². The largest absolute Gasteiger partial charge is 0.339 e. The highest BCUT2D eigenvalue weighted by Crippen LogP contribution is 2.22. The van der Waals surface area contributed by atoms with Crippen molar-refractivity contribution in [3.05, 3.63) is 35.6 Å². The van der Waals surface area contributed by atoms with Crippen LogP contribution in [0.3, 0.4) is 0 Å². The summed E-state index contributed by atoms with van der Waals surface area (Å²) in [7, 11) is 1.67. The molecule has 5 heteroatoms. The Morgan fingerprint density at radius 1 is 1.39 bits per heavy atom. The van der Waals surface area contributed by atoms with Crippen LogP contribution in [0, 0.1) is 11.7 Å². The van der Waals surface area contributed by atoms with Crippen LogP contribution in [-0.4, -0.2) is 24.4 Å². The molecule has 102 valence electrons. The number of halogens is 2. The zero-order chi connectivity index (χ0) is 13.0. The fourth-order valence-corrected chi connectivity index (χ4v) is 1.66. The zero-order valence-corrected chi connectivity index (χ0v) is 11.7. The van der Waals surface area contributed by atoms with E-state index in [1.165, 1.54) is 11.0 Å². The van der Waals surface area contributed by atoms with Crippen LogP contribution in [0.15, 0.2) is 24.3 Å². The van der Waals surface area contributed by atoms with E-state index in [2.05, 4.69) is 0 Å². The second kappa shape index (κ2) is 7.34. The molecule has 0 fully saturated rings. The van der Waals surface area contributed by atoms with E-state index in [0.717, 1.165) is 0 Å². The summed E-state index contributed by atoms with van der Waals surface area (Å²) < 4.78 is 13.6. The van der Waals surface area contributed by atoms with Gasteiger partial charge in [-0.2, -0.15) is 0 Å². The minimum Gasteiger partial charge on any atom is -0.339 e. The van der Waals surface area contributed by atoms with E-state index < -0.39 is 0 Å². The van der Waals surface area contributed by atoms with E-state index in [0.29, 0.717) is 12.1 Å². The van der Waals surface area contributed by atoms with Crippen LogP contribution in [0.4, 0.5) is 4.39 Å². The van der Waals surface area contributed by atoms with Gasteiger partial charge in [0.2, 0.25) is 5.91 Å². The first kappa shape index (κ1) is 16.9. The van der Waals surface area contributed by atoms with Crippen LogP contribution in [0.25, 0.3) is 0 Å². The molecule has 0 heterocycles. The molecular formula is C13H20ClFN2O. The van der Waals surface area contributed by atoms with Gasteiger partial charge < -0.3 is 10.6 Å². The lowest BCUT2D eigenvalue weighted by atomic mass is 10.0. The van der Waals surface area contributed by atoms with Crippen molar-refractivity contribution in [1.82, 2.24) is 4.90 Å². The highest BCUT2D eigenvalue weighted by atomic mass is 35.5. The minimum absolute atomic E-state index is 0. The van der Waals surface area contributed by atoms with E-state index in [4.69, 9.17) is 5.73 Å². The molecule has 2 N–H and O–H groups in total. The van der Waals surface area contributed by atoms with Crippen molar-refractivity contribution in [3.8, 4) is 0 Å². The van der Waals surface area contributed by atoms with Crippen LogP contribution in [-0.2, 0) is 4.79 Å². The Morgan fingerprint density at radius 3 is 2.44 bits per heavy atom. The fourth-order valence-electron chi connectivity index (χ4n) is 1.66. The van der Waals surface area contributed by atoms with E-state index in [1.807, 2.05) is 0 Å². The molecule has 0 aliphatic carbocycles. The molecule has 18 heavy (non-hydrogen) atoms. The lowest BCUT2D eigenvalue weighted by Gasteiger charge is -2.27. The normalized spacial score (nSPS) is 13.4. The number of carbonyl (C=O) groups is 1. The molecule has 0 bridgehead atoms. The summed E-state index contributed by atoms with van der Waals surface area (Å²) in [6.45, 7) is 3.87. The van der Waals surface area contributed by atoms with Gasteiger partial charge in [-0.1, -0.05) is 25.1 Å². The third-order valence-corrected chi connectivity index (χ3v) is 3.06. The van der Waals surface area contributed by atoms with Crippen molar-refractivity contribution in [1.29, 1.82) is 0 Å². The molecule has 0 aliphatic rings. The Morgan fingerprint density at radius 2 is 1.94 bits per heavy atom. The number of nitrogens with zero attached hydrogens (tertiary/aromatic N) is 1. The maximum atomic E-state index is 13.6. The molecule has 0 spiro atoms. The molecule has 1 rings (SSSR count). The lowest BCUT2D eigenvalue weighted by Crippen LogP contribution is -2.37. The van der Waals surface area contributed by atoms with Gasteiger partial charge >= 0.3 is 0 Å². The second-order valence-corrected chi connectivity index (χ2v) is 4.28. The summed E-state index contributed by atoms with van der Waals surface area (Å²) in [5.41, 5.74) is 5.98. The van der Waals surface area contributed by atoms with Gasteiger partial charge in [-0.3, -0.25) is 4.79 Å². The van der Waals surface area contributed by atoms with Crippen molar-refractivity contribution >= 4 is 18.3 Å². The quantitative estimate of drug-likeness (QED) is 0.916. The van der Waals surface area contributed by atoms with Gasteiger partial charge in [0.05, 0.1) is 6.04 Å². The molecule has 3 nitrogen and oxygen atoms in total. The molecule has 0 aromatic heterocycles. The van der Waals surface area contributed by atoms with Gasteiger partial charge in [-0.05, 0) is 13.0 Å². The number of benzene rings is 1. The average Bonchev–Trinajstić information content (AvgIpc) is 2.35. The highest BCUT2D eigenvalue weighted by Gasteiger charge is 2.23. The van der Waals surface area contributed by atoms with Gasteiger partial charge in [0.1, 0.15) is 5.82 Å². The SMILES string of the molecule is CC(CN)C(=O)N(C)C(C)c1ccccc1F.Cl. The Hall–Kier alpha value is -1.13. The third kappa shape index (κ3) is 3.68. The molecule has 0 radical (unpaired) electrons. The summed E-state index contributed by atoms with van der Waals surface area (Å²) in [5.74, 6) is -0.600. The summed E-state index contributed by atoms with van der Waals surface area (Å²) in [4.78, 5) is 13.5. The number of carbonyl (C=O) groups excluding carboxylic acids is 1. The highest BCUT2D eigenvalue weighted by molar-refractivity contribution is 5.85. The Labute approximate surface area is 114 Å². The minimum atomic E-state index is -0.294. The van der Waals surface area contributed by atoms with E-state index in [1.54, 1.807) is 39.1 Å². The van der Waals surface area contributed by atoms with Crippen LogP contribution in [0.1, 0.15) is 25.5 Å². The fraction of sp³-hybridized carbons (Fsp3) is 0.462. The Kier molecular flexibility index (Phi) is 6.88. The molecule has 0 saturated heterocycles. The first-order valence-corrected chi connectivity index (χ1v) is 5.70. The van der Waals surface area contributed by atoms with Crippen molar-refractivity contribution < 1.29 is 9.18 Å². The van der Waals surface area contributed by atoms with Crippen LogP contribution < -0.4 is 5.73 Å². The molecule has 0 saturated carbocycles. The summed E-state index contributed by atoms with van der Waals surface area (Å²) >= 11 is 0. The summed E-state index contributed by atoms with van der Waals surface area (Å²) in [6, 6.07) is 6.20. The first-order valence-electron chi connectivity index (χ1n) is 5.70. The summed E-state index contributed by atoms with van der Waals surface area (Å²) in [6.07, 6.45) is 0. The van der Waals surface area contributed by atoms with E-state index >= 15 is 0 Å². The predicted molar refractivity (Wildman–Crippen MR) is 73.1 cm³/mol. The van der Waals surface area contributed by atoms with Crippen molar-refractivity contribution in [3.63, 3.8) is 0 Å².